The van der Waals surface area contributed by atoms with Crippen LogP contribution in [0, 0.1) is 0 Å². The minimum atomic E-state index is -0.929. The fraction of sp³-hybridized carbons (Fsp3) is 0.615. The van der Waals surface area contributed by atoms with Gasteiger partial charge in [-0.2, -0.15) is 0 Å². The predicted molar refractivity (Wildman–Crippen MR) is 69.0 cm³/mol. The number of carbonyl (C=O) groups is 2. The van der Waals surface area contributed by atoms with Crippen molar-refractivity contribution in [1.82, 2.24) is 10.1 Å². The number of carbonyl (C=O) groups excluding carboxylic acids is 1. The topological polar surface area (TPSA) is 83.6 Å². The number of aliphatic carboxylic acids is 1. The van der Waals surface area contributed by atoms with Gasteiger partial charge in [-0.1, -0.05) is 25.9 Å². The monoisotopic (exact) mass is 268 g/mol. The Hall–Kier alpha value is -1.85. The first-order valence-electron chi connectivity index (χ1n) is 6.24. The third-order valence-electron chi connectivity index (χ3n) is 2.73. The van der Waals surface area contributed by atoms with Gasteiger partial charge < -0.3 is 14.5 Å². The van der Waals surface area contributed by atoms with Crippen molar-refractivity contribution in [2.45, 2.75) is 39.5 Å². The molecule has 1 rings (SSSR count). The molecule has 0 aliphatic heterocycles. The number of aromatic nitrogens is 1. The van der Waals surface area contributed by atoms with Crippen molar-refractivity contribution < 1.29 is 19.2 Å². The van der Waals surface area contributed by atoms with E-state index in [0.717, 1.165) is 0 Å². The maximum atomic E-state index is 12.1. The molecule has 19 heavy (non-hydrogen) atoms. The van der Waals surface area contributed by atoms with Gasteiger partial charge in [-0.05, 0) is 6.92 Å². The molecule has 0 saturated heterocycles. The predicted octanol–water partition coefficient (Wildman–Crippen LogP) is 1.91. The molecule has 1 N–H and O–H groups in total. The van der Waals surface area contributed by atoms with Gasteiger partial charge in [0, 0.05) is 24.6 Å². The van der Waals surface area contributed by atoms with E-state index in [2.05, 4.69) is 5.16 Å². The van der Waals surface area contributed by atoms with Crippen LogP contribution in [0.2, 0.25) is 0 Å². The summed E-state index contributed by atoms with van der Waals surface area (Å²) in [4.78, 5) is 24.1. The zero-order chi connectivity index (χ0) is 14.6. The molecule has 1 heterocycles. The smallest absolute Gasteiger partial charge is 0.305 e. The molecule has 0 aliphatic carbocycles. The SMILES string of the molecule is CCN(CCC(=O)O)C(=O)c1cc(C(C)(C)C)on1. The van der Waals surface area contributed by atoms with E-state index in [-0.39, 0.29) is 30.0 Å². The molecule has 0 aliphatic rings. The molecule has 0 saturated carbocycles. The van der Waals surface area contributed by atoms with Gasteiger partial charge in [0.25, 0.3) is 5.91 Å². The van der Waals surface area contributed by atoms with Gasteiger partial charge >= 0.3 is 5.97 Å². The third kappa shape index (κ3) is 4.08. The van der Waals surface area contributed by atoms with Gasteiger partial charge in [0.15, 0.2) is 5.69 Å². The van der Waals surface area contributed by atoms with E-state index < -0.39 is 5.97 Å². The van der Waals surface area contributed by atoms with Crippen molar-refractivity contribution in [3.05, 3.63) is 17.5 Å². The van der Waals surface area contributed by atoms with Gasteiger partial charge in [0.05, 0.1) is 6.42 Å². The Morgan fingerprint density at radius 3 is 2.47 bits per heavy atom. The fourth-order valence-electron chi connectivity index (χ4n) is 1.53. The van der Waals surface area contributed by atoms with Crippen LogP contribution >= 0.6 is 0 Å². The zero-order valence-corrected chi connectivity index (χ0v) is 11.8. The van der Waals surface area contributed by atoms with E-state index in [0.29, 0.717) is 12.3 Å². The van der Waals surface area contributed by atoms with Crippen LogP contribution < -0.4 is 0 Å². The molecule has 0 radical (unpaired) electrons. The normalized spacial score (nSPS) is 11.4. The summed E-state index contributed by atoms with van der Waals surface area (Å²) in [6.07, 6.45) is -0.0798. The van der Waals surface area contributed by atoms with Gasteiger partial charge in [0.2, 0.25) is 0 Å². The highest BCUT2D eigenvalue weighted by atomic mass is 16.5. The Balaban J connectivity index is 2.80. The molecule has 6 nitrogen and oxygen atoms in total. The van der Waals surface area contributed by atoms with Gasteiger partial charge in [-0.25, -0.2) is 0 Å². The van der Waals surface area contributed by atoms with Crippen molar-refractivity contribution >= 4 is 11.9 Å². The van der Waals surface area contributed by atoms with Crippen LogP contribution in [0.25, 0.3) is 0 Å². The second-order valence-corrected chi connectivity index (χ2v) is 5.35. The van der Waals surface area contributed by atoms with Crippen molar-refractivity contribution in [2.75, 3.05) is 13.1 Å². The maximum absolute atomic E-state index is 12.1. The number of hydrogen-bond donors (Lipinski definition) is 1. The Labute approximate surface area is 112 Å². The molecule has 1 aromatic heterocycles. The third-order valence-corrected chi connectivity index (χ3v) is 2.73. The second kappa shape index (κ2) is 5.86. The lowest BCUT2D eigenvalue weighted by Gasteiger charge is -2.18. The summed E-state index contributed by atoms with van der Waals surface area (Å²) in [5.74, 6) is -0.602. The molecule has 0 fully saturated rings. The van der Waals surface area contributed by atoms with E-state index in [1.165, 1.54) is 4.90 Å². The highest BCUT2D eigenvalue weighted by molar-refractivity contribution is 5.92. The molecule has 106 valence electrons. The van der Waals surface area contributed by atoms with E-state index in [4.69, 9.17) is 9.63 Å². The van der Waals surface area contributed by atoms with Crippen LogP contribution in [0.3, 0.4) is 0 Å². The van der Waals surface area contributed by atoms with E-state index in [1.54, 1.807) is 13.0 Å². The van der Waals surface area contributed by atoms with Crippen LogP contribution in [-0.4, -0.2) is 40.1 Å². The summed E-state index contributed by atoms with van der Waals surface area (Å²) in [6, 6.07) is 1.62. The molecule has 6 heteroatoms. The molecule has 0 atom stereocenters. The number of amides is 1. The highest BCUT2D eigenvalue weighted by Crippen LogP contribution is 2.23. The first kappa shape index (κ1) is 15.2. The molecular weight excluding hydrogens is 248 g/mol. The average molecular weight is 268 g/mol. The highest BCUT2D eigenvalue weighted by Gasteiger charge is 2.24. The van der Waals surface area contributed by atoms with Crippen molar-refractivity contribution in [3.63, 3.8) is 0 Å². The standard InChI is InChI=1S/C13H20N2O4/c1-5-15(7-6-11(16)17)12(18)9-8-10(19-14-9)13(2,3)4/h8H,5-7H2,1-4H3,(H,16,17). The Morgan fingerprint density at radius 2 is 2.05 bits per heavy atom. The van der Waals surface area contributed by atoms with Crippen LogP contribution in [0.4, 0.5) is 0 Å². The average Bonchev–Trinajstić information content (AvgIpc) is 2.77. The van der Waals surface area contributed by atoms with E-state index in [9.17, 15) is 9.59 Å². The maximum Gasteiger partial charge on any atom is 0.305 e. The van der Waals surface area contributed by atoms with Crippen LogP contribution in [-0.2, 0) is 10.2 Å². The van der Waals surface area contributed by atoms with Crippen LogP contribution in [0.15, 0.2) is 10.6 Å². The minimum absolute atomic E-state index is 0.0798. The molecule has 0 bridgehead atoms. The Kier molecular flexibility index (Phi) is 4.69. The number of nitrogens with zero attached hydrogens (tertiary/aromatic N) is 2. The first-order chi connectivity index (χ1) is 8.75. The van der Waals surface area contributed by atoms with Crippen molar-refractivity contribution in [2.24, 2.45) is 0 Å². The van der Waals surface area contributed by atoms with E-state index >= 15 is 0 Å². The number of rotatable bonds is 5. The second-order valence-electron chi connectivity index (χ2n) is 5.35. The summed E-state index contributed by atoms with van der Waals surface area (Å²) in [6.45, 7) is 8.29. The molecule has 1 amide bonds. The summed E-state index contributed by atoms with van der Waals surface area (Å²) in [7, 11) is 0. The summed E-state index contributed by atoms with van der Waals surface area (Å²) in [5.41, 5.74) is 0.000984. The van der Waals surface area contributed by atoms with Gasteiger partial charge in [0.1, 0.15) is 5.76 Å². The van der Waals surface area contributed by atoms with Crippen molar-refractivity contribution in [3.8, 4) is 0 Å². The van der Waals surface area contributed by atoms with Crippen molar-refractivity contribution in [1.29, 1.82) is 0 Å². The lowest BCUT2D eigenvalue weighted by atomic mass is 9.93. The fourth-order valence-corrected chi connectivity index (χ4v) is 1.53. The van der Waals surface area contributed by atoms with Gasteiger partial charge in [-0.3, -0.25) is 9.59 Å². The number of hydrogen-bond acceptors (Lipinski definition) is 4. The summed E-state index contributed by atoms with van der Waals surface area (Å²) in [5, 5.41) is 12.4. The molecular formula is C13H20N2O4. The van der Waals surface area contributed by atoms with Crippen LogP contribution in [0.1, 0.15) is 50.4 Å². The summed E-state index contributed by atoms with van der Waals surface area (Å²) < 4.78 is 5.16. The van der Waals surface area contributed by atoms with E-state index in [1.807, 2.05) is 20.8 Å². The molecule has 0 unspecified atom stereocenters. The minimum Gasteiger partial charge on any atom is -0.481 e. The number of carboxylic acids is 1. The lowest BCUT2D eigenvalue weighted by molar-refractivity contribution is -0.137. The molecule has 0 aromatic carbocycles. The number of carboxylic acid groups (broad SMARTS) is 1. The Morgan fingerprint density at radius 1 is 1.42 bits per heavy atom. The zero-order valence-electron chi connectivity index (χ0n) is 11.8. The lowest BCUT2D eigenvalue weighted by Crippen LogP contribution is -2.33. The molecule has 0 spiro atoms. The summed E-state index contributed by atoms with van der Waals surface area (Å²) >= 11 is 0. The van der Waals surface area contributed by atoms with Crippen LogP contribution in [0.5, 0.6) is 0 Å². The first-order valence-corrected chi connectivity index (χ1v) is 6.24. The largest absolute Gasteiger partial charge is 0.481 e. The van der Waals surface area contributed by atoms with Gasteiger partial charge in [-0.15, -0.1) is 0 Å². The molecule has 1 aromatic rings. The quantitative estimate of drug-likeness (QED) is 0.881. The Bertz CT molecular complexity index is 459.